The molecule has 2 saturated heterocycles. The van der Waals surface area contributed by atoms with E-state index in [-0.39, 0.29) is 16.0 Å². The molecule has 2 aliphatic rings. The largest absolute Gasteiger partial charge is 0.393 e. The summed E-state index contributed by atoms with van der Waals surface area (Å²) in [6.07, 6.45) is -3.21. The van der Waals surface area contributed by atoms with Crippen molar-refractivity contribution in [3.63, 3.8) is 0 Å². The highest BCUT2D eigenvalue weighted by molar-refractivity contribution is 7.92. The molecule has 0 aliphatic carbocycles. The van der Waals surface area contributed by atoms with E-state index in [1.807, 2.05) is 12.1 Å². The molecule has 2 fully saturated rings. The number of likely N-dealkylation sites (tertiary alicyclic amines) is 1. The highest BCUT2D eigenvalue weighted by atomic mass is 32.2. The van der Waals surface area contributed by atoms with E-state index in [9.17, 15) is 21.6 Å². The third kappa shape index (κ3) is 5.99. The fourth-order valence-electron chi connectivity index (χ4n) is 5.39. The molecule has 1 aromatic carbocycles. The van der Waals surface area contributed by atoms with Crippen LogP contribution in [-0.2, 0) is 23.0 Å². The fourth-order valence-corrected chi connectivity index (χ4v) is 7.09. The number of aromatic nitrogens is 2. The van der Waals surface area contributed by atoms with Crippen LogP contribution in [0, 0.1) is 5.41 Å². The van der Waals surface area contributed by atoms with Crippen molar-refractivity contribution in [3.8, 4) is 0 Å². The normalized spacial score (nSPS) is 20.6. The number of hydrogen-bond donors (Lipinski definition) is 2. The molecule has 13 heteroatoms. The summed E-state index contributed by atoms with van der Waals surface area (Å²) in [5.74, 6) is 1.13. The molecule has 38 heavy (non-hydrogen) atoms. The lowest BCUT2D eigenvalue weighted by atomic mass is 9.86. The minimum absolute atomic E-state index is 0.0273. The molecule has 0 saturated carbocycles. The van der Waals surface area contributed by atoms with Gasteiger partial charge in [-0.3, -0.25) is 9.62 Å². The zero-order chi connectivity index (χ0) is 27.1. The summed E-state index contributed by atoms with van der Waals surface area (Å²) in [4.78, 5) is 14.5. The first-order valence-corrected chi connectivity index (χ1v) is 15.0. The summed E-state index contributed by atoms with van der Waals surface area (Å²) >= 11 is 1.07. The number of sulfonamides is 1. The minimum Gasteiger partial charge on any atom is -0.357 e. The van der Waals surface area contributed by atoms with Crippen LogP contribution in [0.2, 0.25) is 0 Å². The van der Waals surface area contributed by atoms with Crippen molar-refractivity contribution in [2.45, 2.75) is 38.9 Å². The average Bonchev–Trinajstić information content (AvgIpc) is 3.57. The second kappa shape index (κ2) is 10.2. The molecule has 1 atom stereocenters. The van der Waals surface area contributed by atoms with E-state index in [0.717, 1.165) is 62.5 Å². The Morgan fingerprint density at radius 1 is 1.11 bits per heavy atom. The lowest BCUT2D eigenvalue weighted by molar-refractivity contribution is -0.126. The molecular weight excluding hydrogens is 537 g/mol. The van der Waals surface area contributed by atoms with Gasteiger partial charge in [0.2, 0.25) is 16.0 Å². The average molecular weight is 569 g/mol. The quantitative estimate of drug-likeness (QED) is 0.407. The Bertz CT molecular complexity index is 1410. The predicted octanol–water partition coefficient (Wildman–Crippen LogP) is 4.70. The Morgan fingerprint density at radius 2 is 1.84 bits per heavy atom. The van der Waals surface area contributed by atoms with Crippen LogP contribution in [-0.4, -0.2) is 68.4 Å². The van der Waals surface area contributed by atoms with Gasteiger partial charge >= 0.3 is 6.18 Å². The molecule has 206 valence electrons. The van der Waals surface area contributed by atoms with E-state index < -0.39 is 22.6 Å². The molecule has 4 heterocycles. The van der Waals surface area contributed by atoms with Gasteiger partial charge in [0.05, 0.1) is 17.6 Å². The van der Waals surface area contributed by atoms with Crippen molar-refractivity contribution in [3.05, 3.63) is 40.8 Å². The summed E-state index contributed by atoms with van der Waals surface area (Å²) in [5, 5.41) is 3.62. The maximum atomic E-state index is 13.0. The first-order valence-electron chi connectivity index (χ1n) is 12.6. The monoisotopic (exact) mass is 568 g/mol. The van der Waals surface area contributed by atoms with Gasteiger partial charge in [-0.2, -0.15) is 18.2 Å². The third-order valence-corrected chi connectivity index (χ3v) is 9.63. The van der Waals surface area contributed by atoms with Crippen molar-refractivity contribution in [2.75, 3.05) is 53.9 Å². The highest BCUT2D eigenvalue weighted by Crippen LogP contribution is 2.43. The molecule has 0 bridgehead atoms. The van der Waals surface area contributed by atoms with Crippen LogP contribution in [0.1, 0.15) is 30.2 Å². The second-order valence-electron chi connectivity index (χ2n) is 10.2. The zero-order valence-electron chi connectivity index (χ0n) is 21.3. The van der Waals surface area contributed by atoms with Gasteiger partial charge in [0.1, 0.15) is 10.6 Å². The third-order valence-electron chi connectivity index (χ3n) is 7.29. The molecule has 2 N–H and O–H groups in total. The molecular formula is C25H31F3N6O2S2. The maximum absolute atomic E-state index is 13.0. The van der Waals surface area contributed by atoms with Crippen molar-refractivity contribution >= 4 is 49.0 Å². The maximum Gasteiger partial charge on any atom is 0.393 e. The van der Waals surface area contributed by atoms with Gasteiger partial charge in [0.15, 0.2) is 0 Å². The van der Waals surface area contributed by atoms with E-state index in [2.05, 4.69) is 29.8 Å². The van der Waals surface area contributed by atoms with E-state index in [4.69, 9.17) is 0 Å². The van der Waals surface area contributed by atoms with Crippen molar-refractivity contribution < 1.29 is 21.6 Å². The molecule has 1 spiro atoms. The lowest BCUT2D eigenvalue weighted by Gasteiger charge is -2.25. The number of alkyl halides is 3. The zero-order valence-corrected chi connectivity index (χ0v) is 22.9. The van der Waals surface area contributed by atoms with Crippen LogP contribution in [0.5, 0.6) is 0 Å². The lowest BCUT2D eigenvalue weighted by Crippen LogP contribution is -2.31. The Kier molecular flexibility index (Phi) is 7.20. The van der Waals surface area contributed by atoms with Gasteiger partial charge in [0.25, 0.3) is 0 Å². The van der Waals surface area contributed by atoms with Gasteiger partial charge in [-0.1, -0.05) is 12.1 Å². The molecule has 0 amide bonds. The van der Waals surface area contributed by atoms with Gasteiger partial charge < -0.3 is 10.2 Å². The van der Waals surface area contributed by atoms with Crippen LogP contribution in [0.15, 0.2) is 30.3 Å². The molecule has 1 unspecified atom stereocenters. The summed E-state index contributed by atoms with van der Waals surface area (Å²) in [5.41, 5.74) is 1.77. The first-order chi connectivity index (χ1) is 18.0. The number of rotatable bonds is 8. The standard InChI is InChI=1S/C25H31F3N6O2S2/c1-3-38(35,36)32-18-6-4-17(5-7-18)14-33-10-8-24(15-33)9-11-34(16-24)21-20-12-19(13-25(26,27)28)37-22(20)31-23(29-2)30-21/h4-7,12,32H,3,8-11,13-16H2,1-2H3,(H,29,30,31). The number of anilines is 3. The SMILES string of the molecule is CCS(=O)(=O)Nc1ccc(CN2CCC3(CCN(c4nc(NC)nc5sc(CC(F)(F)F)cc45)C3)C2)cc1. The van der Waals surface area contributed by atoms with Crippen molar-refractivity contribution in [1.82, 2.24) is 14.9 Å². The van der Waals surface area contributed by atoms with E-state index >= 15 is 0 Å². The van der Waals surface area contributed by atoms with Crippen LogP contribution < -0.4 is 14.9 Å². The number of fused-ring (bicyclic) bond motifs is 1. The van der Waals surface area contributed by atoms with Crippen molar-refractivity contribution in [1.29, 1.82) is 0 Å². The number of nitrogens with zero attached hydrogens (tertiary/aromatic N) is 4. The number of benzene rings is 1. The van der Waals surface area contributed by atoms with Crippen LogP contribution in [0.25, 0.3) is 10.2 Å². The molecule has 0 radical (unpaired) electrons. The molecule has 2 aliphatic heterocycles. The summed E-state index contributed by atoms with van der Waals surface area (Å²) in [7, 11) is -1.59. The summed E-state index contributed by atoms with van der Waals surface area (Å²) in [6.45, 7) is 5.83. The van der Waals surface area contributed by atoms with E-state index in [1.54, 1.807) is 32.2 Å². The Hall–Kier alpha value is -2.64. The number of thiophene rings is 1. The Morgan fingerprint density at radius 3 is 2.53 bits per heavy atom. The minimum atomic E-state index is -4.27. The van der Waals surface area contributed by atoms with Gasteiger partial charge in [0, 0.05) is 49.2 Å². The highest BCUT2D eigenvalue weighted by Gasteiger charge is 2.44. The Labute approximate surface area is 224 Å². The van der Waals surface area contributed by atoms with Crippen LogP contribution in [0.4, 0.5) is 30.6 Å². The van der Waals surface area contributed by atoms with Crippen molar-refractivity contribution in [2.24, 2.45) is 5.41 Å². The van der Waals surface area contributed by atoms with E-state index in [0.29, 0.717) is 27.7 Å². The second-order valence-corrected chi connectivity index (χ2v) is 13.3. The molecule has 2 aromatic heterocycles. The number of hydrogen-bond acceptors (Lipinski definition) is 8. The number of nitrogens with one attached hydrogen (secondary N) is 2. The smallest absolute Gasteiger partial charge is 0.357 e. The summed E-state index contributed by atoms with van der Waals surface area (Å²) < 4.78 is 65.2. The molecule has 8 nitrogen and oxygen atoms in total. The predicted molar refractivity (Wildman–Crippen MR) is 145 cm³/mol. The molecule has 3 aromatic rings. The first kappa shape index (κ1) is 26.9. The Balaban J connectivity index is 1.27. The van der Waals surface area contributed by atoms with E-state index in [1.165, 1.54) is 0 Å². The molecule has 5 rings (SSSR count). The summed E-state index contributed by atoms with van der Waals surface area (Å²) in [6, 6.07) is 9.08. The van der Waals surface area contributed by atoms with Gasteiger partial charge in [-0.15, -0.1) is 11.3 Å². The van der Waals surface area contributed by atoms with Gasteiger partial charge in [-0.25, -0.2) is 13.4 Å². The fraction of sp³-hybridized carbons (Fsp3) is 0.520. The topological polar surface area (TPSA) is 90.5 Å². The number of halogens is 3. The van der Waals surface area contributed by atoms with Gasteiger partial charge in [-0.05, 0) is 50.1 Å². The van der Waals surface area contributed by atoms with Crippen LogP contribution in [0.3, 0.4) is 0 Å². The van der Waals surface area contributed by atoms with Crippen LogP contribution >= 0.6 is 11.3 Å².